The highest BCUT2D eigenvalue weighted by Crippen LogP contribution is 2.44. The summed E-state index contributed by atoms with van der Waals surface area (Å²) in [6, 6.07) is 60.3. The Labute approximate surface area is 403 Å². The predicted octanol–water partition coefficient (Wildman–Crippen LogP) is 16.6. The maximum Gasteiger partial charge on any atom is 0.149 e. The van der Waals surface area contributed by atoms with Crippen molar-refractivity contribution < 1.29 is 13.0 Å². The second-order valence-corrected chi connectivity index (χ2v) is 18.4. The van der Waals surface area contributed by atoms with Gasteiger partial charge >= 0.3 is 0 Å². The van der Waals surface area contributed by atoms with E-state index in [9.17, 15) is 0 Å². The molecule has 10 aromatic rings. The fraction of sp³-hybridized carbons (Fsp3) is 0.143. The summed E-state index contributed by atoms with van der Waals surface area (Å²) in [7, 11) is 1.68. The van der Waals surface area contributed by atoms with Gasteiger partial charge in [0.2, 0.25) is 0 Å². The minimum Gasteiger partial charge on any atom is -0.496 e. The van der Waals surface area contributed by atoms with Crippen molar-refractivity contribution in [3.63, 3.8) is 0 Å². The number of nitrogens with zero attached hydrogens (tertiary/aromatic N) is 3. The van der Waals surface area contributed by atoms with E-state index in [4.69, 9.17) is 22.9 Å². The number of aromatic nitrogens is 3. The smallest absolute Gasteiger partial charge is 0.149 e. The first-order valence-electron chi connectivity index (χ1n) is 25.7. The Morgan fingerprint density at radius 2 is 1.16 bits per heavy atom. The van der Waals surface area contributed by atoms with Crippen LogP contribution < -0.4 is 4.74 Å². The van der Waals surface area contributed by atoms with E-state index in [-0.39, 0.29) is 16.5 Å². The van der Waals surface area contributed by atoms with Gasteiger partial charge in [-0.25, -0.2) is 4.98 Å². The van der Waals surface area contributed by atoms with Crippen molar-refractivity contribution in [2.75, 3.05) is 7.11 Å². The Bertz CT molecular complexity index is 3670. The minimum absolute atomic E-state index is 0.0862. The second-order valence-electron chi connectivity index (χ2n) is 18.4. The maximum atomic E-state index is 9.04. The summed E-state index contributed by atoms with van der Waals surface area (Å²) in [5, 5.41) is 0. The molecule has 67 heavy (non-hydrogen) atoms. The molecule has 0 saturated heterocycles. The van der Waals surface area contributed by atoms with E-state index in [1.807, 2.05) is 97.9 Å². The van der Waals surface area contributed by atoms with Gasteiger partial charge in [0.05, 0.1) is 35.1 Å². The molecule has 0 fully saturated rings. The van der Waals surface area contributed by atoms with Crippen molar-refractivity contribution in [3.05, 3.63) is 216 Å². The lowest BCUT2D eigenvalue weighted by Crippen LogP contribution is -2.10. The van der Waals surface area contributed by atoms with E-state index in [1.165, 1.54) is 5.56 Å². The first-order chi connectivity index (χ1) is 34.8. The molecule has 0 aliphatic rings. The Balaban J connectivity index is 1.27. The normalized spacial score (nSPS) is 13.3. The molecule has 0 radical (unpaired) electrons. The van der Waals surface area contributed by atoms with Crippen LogP contribution in [0.2, 0.25) is 0 Å². The average Bonchev–Trinajstić information content (AvgIpc) is 3.78. The van der Waals surface area contributed by atoms with Crippen LogP contribution in [0.3, 0.4) is 0 Å². The zero-order valence-electron chi connectivity index (χ0n) is 44.6. The van der Waals surface area contributed by atoms with E-state index >= 15 is 0 Å². The Morgan fingerprint density at radius 3 is 1.87 bits per heavy atom. The maximum absolute atomic E-state index is 9.04. The Morgan fingerprint density at radius 1 is 0.493 bits per heavy atom. The number of para-hydroxylation sites is 1. The number of hydrogen-bond acceptors (Lipinski definition) is 3. The quantitative estimate of drug-likeness (QED) is 0.145. The molecule has 0 bridgehead atoms. The SMILES string of the molecule is [2H]C([2H])([2H])c1ccc(-c2ccnc(-c3cc(-c4ccccc4)cc(-c4cccc5c4nc(-c4cc(C)cc(C)c4OC)n5-c4cc(C([2H])([2H])[2H])c(-c5ccccc5)cc4-c4ccc(C(C)(C)C)cc4)c3)c2)cc1. The van der Waals surface area contributed by atoms with Crippen molar-refractivity contribution in [1.29, 1.82) is 0 Å². The Hall–Kier alpha value is -7.82. The van der Waals surface area contributed by atoms with Gasteiger partial charge in [-0.2, -0.15) is 0 Å². The van der Waals surface area contributed by atoms with Gasteiger partial charge < -0.3 is 4.74 Å². The third-order valence-corrected chi connectivity index (χ3v) is 12.7. The number of ether oxygens (including phenoxy) is 1. The molecule has 0 unspecified atom stereocenters. The molecule has 0 spiro atoms. The lowest BCUT2D eigenvalue weighted by molar-refractivity contribution is 0.413. The molecular formula is C63H55N3O. The highest BCUT2D eigenvalue weighted by atomic mass is 16.5. The number of hydrogen-bond donors (Lipinski definition) is 0. The van der Waals surface area contributed by atoms with Crippen LogP contribution in [0.5, 0.6) is 5.75 Å². The lowest BCUT2D eigenvalue weighted by Gasteiger charge is -2.22. The van der Waals surface area contributed by atoms with Crippen molar-refractivity contribution in [1.82, 2.24) is 14.5 Å². The third-order valence-electron chi connectivity index (χ3n) is 12.7. The molecule has 8 aromatic carbocycles. The molecule has 0 atom stereocenters. The monoisotopic (exact) mass is 875 g/mol. The molecular weight excluding hydrogens is 815 g/mol. The zero-order valence-corrected chi connectivity index (χ0v) is 38.6. The van der Waals surface area contributed by atoms with E-state index in [2.05, 4.69) is 111 Å². The van der Waals surface area contributed by atoms with Crippen LogP contribution >= 0.6 is 0 Å². The summed E-state index contributed by atoms with van der Waals surface area (Å²) < 4.78 is 59.1. The first kappa shape index (κ1) is 36.4. The van der Waals surface area contributed by atoms with Crippen LogP contribution in [0.15, 0.2) is 188 Å². The van der Waals surface area contributed by atoms with E-state index in [1.54, 1.807) is 25.4 Å². The fourth-order valence-corrected chi connectivity index (χ4v) is 9.32. The number of fused-ring (bicyclic) bond motifs is 1. The van der Waals surface area contributed by atoms with Crippen LogP contribution in [0, 0.1) is 27.6 Å². The van der Waals surface area contributed by atoms with Gasteiger partial charge in [-0.15, -0.1) is 0 Å². The van der Waals surface area contributed by atoms with Gasteiger partial charge in [0.25, 0.3) is 0 Å². The fourth-order valence-electron chi connectivity index (χ4n) is 9.32. The molecule has 0 N–H and O–H groups in total. The highest BCUT2D eigenvalue weighted by molar-refractivity contribution is 5.99. The van der Waals surface area contributed by atoms with Crippen LogP contribution in [-0.4, -0.2) is 21.6 Å². The van der Waals surface area contributed by atoms with E-state index in [0.29, 0.717) is 28.3 Å². The van der Waals surface area contributed by atoms with Crippen LogP contribution in [0.25, 0.3) is 95.0 Å². The highest BCUT2D eigenvalue weighted by Gasteiger charge is 2.25. The molecule has 4 heteroatoms. The standard InChI is InChI=1S/C63H55N3O/c1-40-22-24-45(25-23-40)48-30-31-64-57(38-48)51-36-49(44-16-11-9-12-17-44)35-50(37-51)53-20-15-21-58-60(53)65-62(56-33-41(2)32-43(4)61(56)67-8)66(58)59-34-42(3)54(46-18-13-10-14-19-46)39-55(59)47-26-28-52(29-27-47)63(5,6)7/h9-39H,1-8H3/i1D3,3D3. The van der Waals surface area contributed by atoms with Crippen molar-refractivity contribution in [2.24, 2.45) is 0 Å². The Kier molecular flexibility index (Phi) is 9.52. The molecule has 4 nitrogen and oxygen atoms in total. The summed E-state index contributed by atoms with van der Waals surface area (Å²) in [4.78, 5) is 10.6. The third kappa shape index (κ3) is 8.36. The van der Waals surface area contributed by atoms with E-state index in [0.717, 1.165) is 83.5 Å². The van der Waals surface area contributed by atoms with Crippen molar-refractivity contribution >= 4 is 11.0 Å². The van der Waals surface area contributed by atoms with Crippen molar-refractivity contribution in [2.45, 2.75) is 53.7 Å². The van der Waals surface area contributed by atoms with Gasteiger partial charge in [0.15, 0.2) is 0 Å². The predicted molar refractivity (Wildman–Crippen MR) is 281 cm³/mol. The summed E-state index contributed by atoms with van der Waals surface area (Å²) in [5.74, 6) is 1.27. The average molecular weight is 876 g/mol. The number of benzene rings is 8. The molecule has 2 heterocycles. The van der Waals surface area contributed by atoms with Gasteiger partial charge in [-0.1, -0.05) is 154 Å². The molecule has 2 aromatic heterocycles. The first-order valence-corrected chi connectivity index (χ1v) is 22.7. The molecule has 328 valence electrons. The molecule has 0 amide bonds. The second kappa shape index (κ2) is 17.5. The molecule has 0 saturated carbocycles. The van der Waals surface area contributed by atoms with Crippen LogP contribution in [0.1, 0.15) is 56.8 Å². The minimum atomic E-state index is -2.48. The van der Waals surface area contributed by atoms with E-state index < -0.39 is 13.7 Å². The summed E-state index contributed by atoms with van der Waals surface area (Å²) in [5.41, 5.74) is 16.9. The van der Waals surface area contributed by atoms with Gasteiger partial charge in [-0.05, 0) is 154 Å². The number of aryl methyl sites for hydroxylation is 4. The van der Waals surface area contributed by atoms with Crippen LogP contribution in [-0.2, 0) is 5.41 Å². The number of pyridine rings is 1. The zero-order chi connectivity index (χ0) is 51.4. The van der Waals surface area contributed by atoms with Gasteiger partial charge in [0.1, 0.15) is 11.6 Å². The summed E-state index contributed by atoms with van der Waals surface area (Å²) in [6.07, 6.45) is 1.79. The lowest BCUT2D eigenvalue weighted by atomic mass is 9.85. The molecule has 0 aliphatic heterocycles. The van der Waals surface area contributed by atoms with Crippen LogP contribution in [0.4, 0.5) is 0 Å². The number of rotatable bonds is 9. The molecule has 10 rings (SSSR count). The van der Waals surface area contributed by atoms with Gasteiger partial charge in [-0.3, -0.25) is 9.55 Å². The van der Waals surface area contributed by atoms with Gasteiger partial charge in [0, 0.05) is 31.1 Å². The largest absolute Gasteiger partial charge is 0.496 e. The molecule has 0 aliphatic carbocycles. The number of imidazole rings is 1. The van der Waals surface area contributed by atoms with Crippen molar-refractivity contribution in [3.8, 4) is 89.7 Å². The topological polar surface area (TPSA) is 39.9 Å². The number of methoxy groups -OCH3 is 1. The summed E-state index contributed by atoms with van der Waals surface area (Å²) in [6.45, 7) is 6.00. The summed E-state index contributed by atoms with van der Waals surface area (Å²) >= 11 is 0.